The molecule has 0 aromatic heterocycles. The molecular weight excluding hydrogens is 382 g/mol. The summed E-state index contributed by atoms with van der Waals surface area (Å²) in [5.41, 5.74) is 2.84. The molecule has 2 aromatic carbocycles. The lowest BCUT2D eigenvalue weighted by molar-refractivity contribution is -0.131. The average Bonchev–Trinajstić information content (AvgIpc) is 2.75. The molecule has 1 saturated heterocycles. The number of anilines is 1. The Labute approximate surface area is 176 Å². The van der Waals surface area contributed by atoms with Crippen molar-refractivity contribution in [2.45, 2.75) is 25.5 Å². The molecule has 2 aromatic rings. The molecule has 30 heavy (non-hydrogen) atoms. The van der Waals surface area contributed by atoms with Gasteiger partial charge in [-0.1, -0.05) is 42.0 Å². The number of carbonyl (C=O) groups excluding carboxylic acids is 2. The number of benzene rings is 2. The van der Waals surface area contributed by atoms with E-state index < -0.39 is 6.10 Å². The second kappa shape index (κ2) is 9.28. The summed E-state index contributed by atoms with van der Waals surface area (Å²) in [4.78, 5) is 27.5. The molecule has 0 unspecified atom stereocenters. The molecular formula is C23H27N3O4. The molecule has 2 aliphatic rings. The van der Waals surface area contributed by atoms with Crippen molar-refractivity contribution in [1.29, 1.82) is 0 Å². The van der Waals surface area contributed by atoms with Gasteiger partial charge in [-0.3, -0.25) is 14.5 Å². The largest absolute Gasteiger partial charge is 0.478 e. The van der Waals surface area contributed by atoms with E-state index in [0.29, 0.717) is 31.2 Å². The number of ether oxygens (including phenoxy) is 2. The first-order valence-electron chi connectivity index (χ1n) is 10.3. The Morgan fingerprint density at radius 3 is 2.67 bits per heavy atom. The minimum atomic E-state index is -0.845. The van der Waals surface area contributed by atoms with Gasteiger partial charge in [0.2, 0.25) is 5.91 Å². The van der Waals surface area contributed by atoms with Gasteiger partial charge >= 0.3 is 0 Å². The molecule has 7 heteroatoms. The Morgan fingerprint density at radius 2 is 1.90 bits per heavy atom. The number of morpholine rings is 1. The first kappa shape index (κ1) is 20.4. The van der Waals surface area contributed by atoms with E-state index in [-0.39, 0.29) is 24.3 Å². The summed E-state index contributed by atoms with van der Waals surface area (Å²) in [6, 6.07) is 15.2. The van der Waals surface area contributed by atoms with Gasteiger partial charge in [0.1, 0.15) is 5.75 Å². The summed E-state index contributed by atoms with van der Waals surface area (Å²) in [5.74, 6) is 0.0654. The number of rotatable bonds is 6. The molecule has 2 amide bonds. The molecule has 1 fully saturated rings. The summed E-state index contributed by atoms with van der Waals surface area (Å²) in [7, 11) is 0. The number of aryl methyl sites for hydroxylation is 1. The zero-order valence-corrected chi connectivity index (χ0v) is 17.1. The highest BCUT2D eigenvalue weighted by Crippen LogP contribution is 2.29. The molecule has 0 saturated carbocycles. The molecule has 0 spiro atoms. The highest BCUT2D eigenvalue weighted by molar-refractivity contribution is 5.99. The van der Waals surface area contributed by atoms with Crippen LogP contribution in [0.4, 0.5) is 5.69 Å². The summed E-state index contributed by atoms with van der Waals surface area (Å²) in [6.45, 7) is 5.80. The van der Waals surface area contributed by atoms with Crippen LogP contribution in [0.25, 0.3) is 0 Å². The van der Waals surface area contributed by atoms with Crippen molar-refractivity contribution in [2.75, 3.05) is 38.2 Å². The van der Waals surface area contributed by atoms with E-state index in [9.17, 15) is 9.59 Å². The normalized spacial score (nSPS) is 19.9. The van der Waals surface area contributed by atoms with Crippen molar-refractivity contribution >= 4 is 17.5 Å². The van der Waals surface area contributed by atoms with Gasteiger partial charge < -0.3 is 20.1 Å². The maximum absolute atomic E-state index is 12.8. The quantitative estimate of drug-likeness (QED) is 0.765. The van der Waals surface area contributed by atoms with Crippen molar-refractivity contribution in [3.63, 3.8) is 0 Å². The molecule has 0 radical (unpaired) electrons. The number of para-hydroxylation sites is 2. The van der Waals surface area contributed by atoms with Crippen molar-refractivity contribution in [1.82, 2.24) is 10.2 Å². The van der Waals surface area contributed by atoms with Gasteiger partial charge in [-0.25, -0.2) is 0 Å². The van der Waals surface area contributed by atoms with E-state index in [1.54, 1.807) is 12.1 Å². The number of nitrogens with one attached hydrogen (secondary N) is 2. The molecule has 0 bridgehead atoms. The zero-order valence-electron chi connectivity index (χ0n) is 17.1. The van der Waals surface area contributed by atoms with Crippen LogP contribution >= 0.6 is 0 Å². The fraction of sp³-hybridized carbons (Fsp3) is 0.391. The molecule has 2 heterocycles. The van der Waals surface area contributed by atoms with E-state index in [0.717, 1.165) is 18.7 Å². The molecule has 2 N–H and O–H groups in total. The number of hydrogen-bond donors (Lipinski definition) is 2. The van der Waals surface area contributed by atoms with E-state index in [4.69, 9.17) is 9.47 Å². The zero-order chi connectivity index (χ0) is 20.9. The van der Waals surface area contributed by atoms with Crippen LogP contribution in [-0.2, 0) is 14.3 Å². The van der Waals surface area contributed by atoms with Crippen LogP contribution in [0.3, 0.4) is 0 Å². The van der Waals surface area contributed by atoms with Crippen molar-refractivity contribution in [2.24, 2.45) is 0 Å². The van der Waals surface area contributed by atoms with Gasteiger partial charge in [0.25, 0.3) is 5.91 Å². The van der Waals surface area contributed by atoms with Gasteiger partial charge in [0, 0.05) is 19.6 Å². The van der Waals surface area contributed by atoms with Gasteiger partial charge in [0.05, 0.1) is 31.4 Å². The lowest BCUT2D eigenvalue weighted by Gasteiger charge is -2.31. The Hall–Kier alpha value is -2.90. The van der Waals surface area contributed by atoms with E-state index in [2.05, 4.69) is 15.5 Å². The summed E-state index contributed by atoms with van der Waals surface area (Å²) in [6.07, 6.45) is -0.881. The topological polar surface area (TPSA) is 79.9 Å². The first-order chi connectivity index (χ1) is 14.6. The Kier molecular flexibility index (Phi) is 6.30. The van der Waals surface area contributed by atoms with Crippen molar-refractivity contribution < 1.29 is 19.1 Å². The maximum atomic E-state index is 12.8. The van der Waals surface area contributed by atoms with Gasteiger partial charge in [-0.2, -0.15) is 0 Å². The lowest BCUT2D eigenvalue weighted by Crippen LogP contribution is -2.45. The molecule has 2 atom stereocenters. The predicted molar refractivity (Wildman–Crippen MR) is 113 cm³/mol. The Bertz CT molecular complexity index is 894. The van der Waals surface area contributed by atoms with Crippen molar-refractivity contribution in [3.05, 3.63) is 59.7 Å². The minimum absolute atomic E-state index is 0.0361. The monoisotopic (exact) mass is 409 g/mol. The molecule has 158 valence electrons. The molecule has 0 aliphatic carbocycles. The molecule has 2 aliphatic heterocycles. The third-order valence-electron chi connectivity index (χ3n) is 5.44. The molecule has 4 rings (SSSR count). The van der Waals surface area contributed by atoms with Gasteiger partial charge in [0.15, 0.2) is 6.10 Å². The highest BCUT2D eigenvalue weighted by Gasteiger charge is 2.30. The smallest absolute Gasteiger partial charge is 0.266 e. The van der Waals surface area contributed by atoms with E-state index >= 15 is 0 Å². The predicted octanol–water partition coefficient (Wildman–Crippen LogP) is 2.27. The van der Waals surface area contributed by atoms with Crippen LogP contribution in [-0.4, -0.2) is 55.7 Å². The van der Waals surface area contributed by atoms with E-state index in [1.807, 2.05) is 43.3 Å². The third-order valence-corrected chi connectivity index (χ3v) is 5.44. The van der Waals surface area contributed by atoms with Gasteiger partial charge in [-0.15, -0.1) is 0 Å². The maximum Gasteiger partial charge on any atom is 0.266 e. The summed E-state index contributed by atoms with van der Waals surface area (Å²) in [5, 5.41) is 5.92. The summed E-state index contributed by atoms with van der Waals surface area (Å²) < 4.78 is 11.2. The highest BCUT2D eigenvalue weighted by atomic mass is 16.5. The second-order valence-corrected chi connectivity index (χ2v) is 7.74. The number of nitrogens with zero attached hydrogens (tertiary/aromatic N) is 1. The summed E-state index contributed by atoms with van der Waals surface area (Å²) >= 11 is 0. The SMILES string of the molecule is Cc1ccc([C@@H](CN2CCOCC2)NC(=O)C[C@H]2Oc3ccccc3NC2=O)cc1. The fourth-order valence-corrected chi connectivity index (χ4v) is 3.72. The lowest BCUT2D eigenvalue weighted by atomic mass is 10.0. The number of amides is 2. The van der Waals surface area contributed by atoms with E-state index in [1.165, 1.54) is 5.56 Å². The second-order valence-electron chi connectivity index (χ2n) is 7.74. The van der Waals surface area contributed by atoms with Crippen LogP contribution in [0.5, 0.6) is 5.75 Å². The number of hydrogen-bond acceptors (Lipinski definition) is 5. The van der Waals surface area contributed by atoms with Crippen LogP contribution in [0, 0.1) is 6.92 Å². The average molecular weight is 409 g/mol. The number of carbonyl (C=O) groups is 2. The standard InChI is InChI=1S/C23H27N3O4/c1-16-6-8-17(9-7-16)19(15-26-10-12-29-13-11-26)24-22(27)14-21-23(28)25-18-4-2-3-5-20(18)30-21/h2-9,19,21H,10-15H2,1H3,(H,24,27)(H,25,28)/t19-,21-/m1/s1. The Balaban J connectivity index is 1.43. The fourth-order valence-electron chi connectivity index (χ4n) is 3.72. The minimum Gasteiger partial charge on any atom is -0.478 e. The van der Waals surface area contributed by atoms with Crippen LogP contribution < -0.4 is 15.4 Å². The van der Waals surface area contributed by atoms with Gasteiger partial charge in [-0.05, 0) is 24.6 Å². The third kappa shape index (κ3) is 4.98. The van der Waals surface area contributed by atoms with Crippen LogP contribution in [0.1, 0.15) is 23.6 Å². The number of fused-ring (bicyclic) bond motifs is 1. The van der Waals surface area contributed by atoms with Crippen LogP contribution in [0.2, 0.25) is 0 Å². The van der Waals surface area contributed by atoms with Crippen molar-refractivity contribution in [3.8, 4) is 5.75 Å². The first-order valence-corrected chi connectivity index (χ1v) is 10.3. The van der Waals surface area contributed by atoms with Crippen LogP contribution in [0.15, 0.2) is 48.5 Å². The molecule has 7 nitrogen and oxygen atoms in total. The Morgan fingerprint density at radius 1 is 1.17 bits per heavy atom.